The van der Waals surface area contributed by atoms with Crippen LogP contribution in [0.4, 0.5) is 11.4 Å². The van der Waals surface area contributed by atoms with Gasteiger partial charge in [0.05, 0.1) is 18.6 Å². The molecule has 0 radical (unpaired) electrons. The minimum absolute atomic E-state index is 0.0430. The highest BCUT2D eigenvalue weighted by atomic mass is 32.2. The molecule has 0 amide bonds. The summed E-state index contributed by atoms with van der Waals surface area (Å²) in [6.45, 7) is 1.61. The lowest BCUT2D eigenvalue weighted by atomic mass is 9.95. The van der Waals surface area contributed by atoms with E-state index in [0.29, 0.717) is 17.5 Å². The van der Waals surface area contributed by atoms with Crippen molar-refractivity contribution in [3.63, 3.8) is 0 Å². The van der Waals surface area contributed by atoms with Crippen LogP contribution in [0.3, 0.4) is 0 Å². The number of hydrogen-bond acceptors (Lipinski definition) is 4. The van der Waals surface area contributed by atoms with Crippen LogP contribution in [-0.4, -0.2) is 27.3 Å². The zero-order chi connectivity index (χ0) is 15.7. The van der Waals surface area contributed by atoms with Crippen LogP contribution < -0.4 is 14.8 Å². The lowest BCUT2D eigenvalue weighted by Gasteiger charge is -2.24. The Labute approximate surface area is 132 Å². The van der Waals surface area contributed by atoms with Crippen molar-refractivity contribution in [1.29, 1.82) is 0 Å². The standard InChI is InChI=1S/C16H24N2O3S/c1-3-22(19,20)18-15-8-7-12(10-16(15)21-2)17-14-6-4-5-11-9-13(11)14/h7-8,10-11,13-14,17-18H,3-6,9H2,1-2H3/t11-,13+,14?/m0/s1. The fourth-order valence-electron chi connectivity index (χ4n) is 3.41. The summed E-state index contributed by atoms with van der Waals surface area (Å²) in [6.07, 6.45) is 5.24. The van der Waals surface area contributed by atoms with Crippen molar-refractivity contribution in [2.75, 3.05) is 22.9 Å². The van der Waals surface area contributed by atoms with Crippen molar-refractivity contribution in [2.45, 2.75) is 38.6 Å². The number of sulfonamides is 1. The molecule has 0 spiro atoms. The van der Waals surface area contributed by atoms with Gasteiger partial charge in [-0.05, 0) is 43.7 Å². The molecule has 0 aromatic heterocycles. The van der Waals surface area contributed by atoms with Crippen molar-refractivity contribution in [1.82, 2.24) is 0 Å². The molecule has 2 aliphatic carbocycles. The van der Waals surface area contributed by atoms with Crippen LogP contribution in [0.2, 0.25) is 0 Å². The third-order valence-corrected chi connectivity index (χ3v) is 6.07. The third kappa shape index (κ3) is 3.32. The van der Waals surface area contributed by atoms with Gasteiger partial charge in [-0.2, -0.15) is 0 Å². The van der Waals surface area contributed by atoms with E-state index in [1.54, 1.807) is 20.1 Å². The van der Waals surface area contributed by atoms with Gasteiger partial charge in [0.1, 0.15) is 5.75 Å². The monoisotopic (exact) mass is 324 g/mol. The van der Waals surface area contributed by atoms with E-state index in [4.69, 9.17) is 4.74 Å². The molecule has 0 aliphatic heterocycles. The van der Waals surface area contributed by atoms with Gasteiger partial charge in [-0.15, -0.1) is 0 Å². The molecule has 0 bridgehead atoms. The number of benzene rings is 1. The molecule has 22 heavy (non-hydrogen) atoms. The average molecular weight is 324 g/mol. The highest BCUT2D eigenvalue weighted by Crippen LogP contribution is 2.50. The molecular formula is C16H24N2O3S. The first-order chi connectivity index (χ1) is 10.5. The smallest absolute Gasteiger partial charge is 0.232 e. The Morgan fingerprint density at radius 1 is 1.32 bits per heavy atom. The average Bonchev–Trinajstić information content (AvgIpc) is 3.29. The second kappa shape index (κ2) is 5.99. The Hall–Kier alpha value is -1.43. The molecule has 2 N–H and O–H groups in total. The summed E-state index contributed by atoms with van der Waals surface area (Å²) in [5.74, 6) is 2.33. The first-order valence-electron chi connectivity index (χ1n) is 7.97. The van der Waals surface area contributed by atoms with Gasteiger partial charge < -0.3 is 10.1 Å². The SMILES string of the molecule is CCS(=O)(=O)Nc1ccc(NC2CCC[C@H]3C[C@@H]23)cc1OC. The number of nitrogens with one attached hydrogen (secondary N) is 2. The van der Waals surface area contributed by atoms with Crippen LogP contribution in [-0.2, 0) is 10.0 Å². The lowest BCUT2D eigenvalue weighted by molar-refractivity contribution is 0.416. The summed E-state index contributed by atoms with van der Waals surface area (Å²) in [4.78, 5) is 0. The first kappa shape index (κ1) is 15.5. The van der Waals surface area contributed by atoms with E-state index in [1.165, 1.54) is 25.7 Å². The van der Waals surface area contributed by atoms with Crippen molar-refractivity contribution in [2.24, 2.45) is 11.8 Å². The van der Waals surface area contributed by atoms with Gasteiger partial charge in [0.15, 0.2) is 0 Å². The number of anilines is 2. The van der Waals surface area contributed by atoms with E-state index in [-0.39, 0.29) is 5.75 Å². The van der Waals surface area contributed by atoms with Crippen LogP contribution in [0.1, 0.15) is 32.6 Å². The number of ether oxygens (including phenoxy) is 1. The van der Waals surface area contributed by atoms with Gasteiger partial charge in [0.25, 0.3) is 0 Å². The maximum atomic E-state index is 11.7. The number of hydrogen-bond donors (Lipinski definition) is 2. The largest absolute Gasteiger partial charge is 0.494 e. The first-order valence-corrected chi connectivity index (χ1v) is 9.62. The van der Waals surface area contributed by atoms with E-state index in [9.17, 15) is 8.42 Å². The molecule has 122 valence electrons. The predicted octanol–water partition coefficient (Wildman–Crippen LogP) is 3.06. The summed E-state index contributed by atoms with van der Waals surface area (Å²) in [5, 5.41) is 3.59. The van der Waals surface area contributed by atoms with Gasteiger partial charge in [0.2, 0.25) is 10.0 Å². The molecule has 2 aliphatic rings. The Bertz CT molecular complexity index is 645. The second-order valence-corrected chi connectivity index (χ2v) is 8.27. The van der Waals surface area contributed by atoms with Crippen LogP contribution in [0.5, 0.6) is 5.75 Å². The molecule has 3 atom stereocenters. The molecule has 3 rings (SSSR count). The van der Waals surface area contributed by atoms with E-state index in [1.807, 2.05) is 12.1 Å². The van der Waals surface area contributed by atoms with Crippen molar-refractivity contribution in [3.8, 4) is 5.75 Å². The normalized spacial score (nSPS) is 26.9. The highest BCUT2D eigenvalue weighted by molar-refractivity contribution is 7.92. The summed E-state index contributed by atoms with van der Waals surface area (Å²) in [7, 11) is -1.74. The van der Waals surface area contributed by atoms with E-state index in [0.717, 1.165) is 17.5 Å². The second-order valence-electron chi connectivity index (χ2n) is 6.26. The fourth-order valence-corrected chi connectivity index (χ4v) is 4.06. The van der Waals surface area contributed by atoms with E-state index in [2.05, 4.69) is 10.0 Å². The number of fused-ring (bicyclic) bond motifs is 1. The number of methoxy groups -OCH3 is 1. The molecule has 0 heterocycles. The van der Waals surface area contributed by atoms with Crippen molar-refractivity contribution < 1.29 is 13.2 Å². The van der Waals surface area contributed by atoms with Gasteiger partial charge in [-0.25, -0.2) is 8.42 Å². The Morgan fingerprint density at radius 2 is 2.14 bits per heavy atom. The van der Waals surface area contributed by atoms with Gasteiger partial charge >= 0.3 is 0 Å². The molecule has 1 unspecified atom stereocenters. The van der Waals surface area contributed by atoms with Crippen LogP contribution >= 0.6 is 0 Å². The minimum Gasteiger partial charge on any atom is -0.494 e. The summed E-state index contributed by atoms with van der Waals surface area (Å²) >= 11 is 0. The van der Waals surface area contributed by atoms with E-state index >= 15 is 0 Å². The quantitative estimate of drug-likeness (QED) is 0.844. The molecular weight excluding hydrogens is 300 g/mol. The Kier molecular flexibility index (Phi) is 4.21. The zero-order valence-electron chi connectivity index (χ0n) is 13.1. The van der Waals surface area contributed by atoms with Gasteiger partial charge in [-0.1, -0.05) is 12.8 Å². The van der Waals surface area contributed by atoms with Crippen LogP contribution in [0.25, 0.3) is 0 Å². The summed E-state index contributed by atoms with van der Waals surface area (Å²) in [6, 6.07) is 6.10. The highest BCUT2D eigenvalue weighted by Gasteiger charge is 2.45. The topological polar surface area (TPSA) is 67.4 Å². The Balaban J connectivity index is 1.73. The summed E-state index contributed by atoms with van der Waals surface area (Å²) < 4.78 is 31.3. The minimum atomic E-state index is -3.30. The maximum absolute atomic E-state index is 11.7. The van der Waals surface area contributed by atoms with E-state index < -0.39 is 10.0 Å². The van der Waals surface area contributed by atoms with Crippen LogP contribution in [0, 0.1) is 11.8 Å². The lowest BCUT2D eigenvalue weighted by Crippen LogP contribution is -2.25. The fraction of sp³-hybridized carbons (Fsp3) is 0.625. The zero-order valence-corrected chi connectivity index (χ0v) is 13.9. The molecule has 5 nitrogen and oxygen atoms in total. The predicted molar refractivity (Wildman–Crippen MR) is 88.9 cm³/mol. The molecule has 1 aromatic carbocycles. The van der Waals surface area contributed by atoms with Crippen LogP contribution in [0.15, 0.2) is 18.2 Å². The van der Waals surface area contributed by atoms with Gasteiger partial charge in [-0.3, -0.25) is 4.72 Å². The van der Waals surface area contributed by atoms with Gasteiger partial charge in [0, 0.05) is 17.8 Å². The maximum Gasteiger partial charge on any atom is 0.232 e. The molecule has 2 fully saturated rings. The molecule has 1 aromatic rings. The number of rotatable bonds is 6. The summed E-state index contributed by atoms with van der Waals surface area (Å²) in [5.41, 5.74) is 1.48. The van der Waals surface area contributed by atoms with Crippen molar-refractivity contribution >= 4 is 21.4 Å². The third-order valence-electron chi connectivity index (χ3n) is 4.78. The molecule has 2 saturated carbocycles. The molecule has 0 saturated heterocycles. The van der Waals surface area contributed by atoms with Crippen molar-refractivity contribution in [3.05, 3.63) is 18.2 Å². The molecule has 6 heteroatoms. The Morgan fingerprint density at radius 3 is 2.86 bits per heavy atom.